The molecule has 0 saturated heterocycles. The Morgan fingerprint density at radius 1 is 1.39 bits per heavy atom. The number of carboxylic acids is 1. The van der Waals surface area contributed by atoms with Crippen molar-refractivity contribution in [2.75, 3.05) is 26.1 Å². The summed E-state index contributed by atoms with van der Waals surface area (Å²) in [4.78, 5) is 21.9. The molecule has 0 aliphatic heterocycles. The van der Waals surface area contributed by atoms with Crippen molar-refractivity contribution in [2.45, 2.75) is 6.04 Å². The lowest BCUT2D eigenvalue weighted by molar-refractivity contribution is -0.139. The first-order chi connectivity index (χ1) is 8.58. The molecule has 1 rings (SSSR count). The van der Waals surface area contributed by atoms with E-state index in [0.717, 1.165) is 0 Å². The number of nitrogens with zero attached hydrogens (tertiary/aromatic N) is 2. The first-order valence-corrected chi connectivity index (χ1v) is 4.98. The van der Waals surface area contributed by atoms with Crippen molar-refractivity contribution in [3.05, 3.63) is 17.8 Å². The van der Waals surface area contributed by atoms with Crippen LogP contribution in [0.2, 0.25) is 0 Å². The predicted molar refractivity (Wildman–Crippen MR) is 60.3 cm³/mol. The first kappa shape index (κ1) is 13.8. The first-order valence-electron chi connectivity index (χ1n) is 4.98. The molecule has 0 fully saturated rings. The Morgan fingerprint density at radius 3 is 2.56 bits per heavy atom. The lowest BCUT2D eigenvalue weighted by Crippen LogP contribution is -2.34. The maximum Gasteiger partial charge on any atom is 0.358 e. The number of hydrogen-bond acceptors (Lipinski definition) is 7. The van der Waals surface area contributed by atoms with Crippen LogP contribution in [-0.4, -0.2) is 54.1 Å². The van der Waals surface area contributed by atoms with Gasteiger partial charge in [-0.05, 0) is 12.1 Å². The molecule has 1 unspecified atom stereocenters. The van der Waals surface area contributed by atoms with Crippen molar-refractivity contribution in [1.82, 2.24) is 10.2 Å². The summed E-state index contributed by atoms with van der Waals surface area (Å²) in [6.07, 6.45) is 0. The molecule has 18 heavy (non-hydrogen) atoms. The van der Waals surface area contributed by atoms with Crippen molar-refractivity contribution < 1.29 is 24.2 Å². The van der Waals surface area contributed by atoms with Gasteiger partial charge in [0.2, 0.25) is 0 Å². The summed E-state index contributed by atoms with van der Waals surface area (Å²) in [5, 5.41) is 18.8. The summed E-state index contributed by atoms with van der Waals surface area (Å²) in [6.45, 7) is -0.0181. The summed E-state index contributed by atoms with van der Waals surface area (Å²) in [7, 11) is 2.62. The van der Waals surface area contributed by atoms with Crippen molar-refractivity contribution in [1.29, 1.82) is 0 Å². The molecule has 1 aromatic rings. The molecule has 0 bridgehead atoms. The van der Waals surface area contributed by atoms with Gasteiger partial charge in [-0.1, -0.05) is 0 Å². The standard InChI is InChI=1S/C10H13N3O5/c1-17-5-7(9(14)15)11-8-4-3-6(12-13-8)10(16)18-2/h3-4,7H,5H2,1-2H3,(H,11,13)(H,14,15). The zero-order chi connectivity index (χ0) is 13.5. The lowest BCUT2D eigenvalue weighted by Gasteiger charge is -2.13. The van der Waals surface area contributed by atoms with E-state index in [1.807, 2.05) is 0 Å². The minimum Gasteiger partial charge on any atom is -0.480 e. The number of esters is 1. The number of aliphatic carboxylic acids is 1. The van der Waals surface area contributed by atoms with Crippen molar-refractivity contribution in [3.8, 4) is 0 Å². The number of carboxylic acid groups (broad SMARTS) is 1. The van der Waals surface area contributed by atoms with Crippen molar-refractivity contribution in [3.63, 3.8) is 0 Å². The molecule has 8 nitrogen and oxygen atoms in total. The predicted octanol–water partition coefficient (Wildman–Crippen LogP) is -0.225. The third-order valence-electron chi connectivity index (χ3n) is 2.01. The quantitative estimate of drug-likeness (QED) is 0.671. The molecule has 1 atom stereocenters. The summed E-state index contributed by atoms with van der Waals surface area (Å²) >= 11 is 0. The topological polar surface area (TPSA) is 111 Å². The minimum absolute atomic E-state index is 0.0181. The highest BCUT2D eigenvalue weighted by molar-refractivity contribution is 5.87. The van der Waals surface area contributed by atoms with E-state index in [1.165, 1.54) is 26.4 Å². The number of carbonyl (C=O) groups excluding carboxylic acids is 1. The highest BCUT2D eigenvalue weighted by Crippen LogP contribution is 2.05. The Morgan fingerprint density at radius 2 is 2.11 bits per heavy atom. The third kappa shape index (κ3) is 3.67. The van der Waals surface area contributed by atoms with Crippen LogP contribution in [0.3, 0.4) is 0 Å². The highest BCUT2D eigenvalue weighted by atomic mass is 16.5. The fraction of sp³-hybridized carbons (Fsp3) is 0.400. The second kappa shape index (κ2) is 6.50. The van der Waals surface area contributed by atoms with Gasteiger partial charge in [-0.2, -0.15) is 0 Å². The molecule has 98 valence electrons. The number of rotatable bonds is 6. The molecule has 0 aliphatic rings. The van der Waals surface area contributed by atoms with E-state index in [4.69, 9.17) is 9.84 Å². The van der Waals surface area contributed by atoms with Crippen LogP contribution in [0, 0.1) is 0 Å². The average molecular weight is 255 g/mol. The van der Waals surface area contributed by atoms with Gasteiger partial charge >= 0.3 is 11.9 Å². The molecular formula is C10H13N3O5. The Kier molecular flexibility index (Phi) is 5.00. The maximum atomic E-state index is 11.1. The van der Waals surface area contributed by atoms with E-state index < -0.39 is 18.0 Å². The summed E-state index contributed by atoms with van der Waals surface area (Å²) in [5.74, 6) is -1.46. The number of nitrogens with one attached hydrogen (secondary N) is 1. The SMILES string of the molecule is COCC(Nc1ccc(C(=O)OC)nn1)C(=O)O. The molecule has 1 heterocycles. The van der Waals surface area contributed by atoms with Crippen molar-refractivity contribution >= 4 is 17.8 Å². The van der Waals surface area contributed by atoms with Crippen LogP contribution in [-0.2, 0) is 14.3 Å². The van der Waals surface area contributed by atoms with Gasteiger partial charge in [0, 0.05) is 7.11 Å². The summed E-state index contributed by atoms with van der Waals surface area (Å²) in [6, 6.07) is 1.88. The monoisotopic (exact) mass is 255 g/mol. The number of methoxy groups -OCH3 is 2. The molecule has 0 saturated carbocycles. The van der Waals surface area contributed by atoms with E-state index in [9.17, 15) is 9.59 Å². The van der Waals surface area contributed by atoms with Crippen LogP contribution in [0.1, 0.15) is 10.5 Å². The second-order valence-corrected chi connectivity index (χ2v) is 3.29. The van der Waals surface area contributed by atoms with Gasteiger partial charge in [0.25, 0.3) is 0 Å². The maximum absolute atomic E-state index is 11.1. The largest absolute Gasteiger partial charge is 0.480 e. The van der Waals surface area contributed by atoms with Crippen LogP contribution >= 0.6 is 0 Å². The molecule has 2 N–H and O–H groups in total. The second-order valence-electron chi connectivity index (χ2n) is 3.29. The molecule has 0 aromatic carbocycles. The zero-order valence-corrected chi connectivity index (χ0v) is 9.91. The van der Waals surface area contributed by atoms with Crippen LogP contribution in [0.5, 0.6) is 0 Å². The van der Waals surface area contributed by atoms with Crippen LogP contribution in [0.4, 0.5) is 5.82 Å². The van der Waals surface area contributed by atoms with E-state index in [0.29, 0.717) is 0 Å². The van der Waals surface area contributed by atoms with Gasteiger partial charge in [-0.3, -0.25) is 0 Å². The van der Waals surface area contributed by atoms with Crippen LogP contribution < -0.4 is 5.32 Å². The van der Waals surface area contributed by atoms with E-state index in [2.05, 4.69) is 20.3 Å². The van der Waals surface area contributed by atoms with Crippen LogP contribution in [0.25, 0.3) is 0 Å². The lowest BCUT2D eigenvalue weighted by atomic mass is 10.3. The Bertz CT molecular complexity index is 420. The smallest absolute Gasteiger partial charge is 0.358 e. The fourth-order valence-electron chi connectivity index (χ4n) is 1.14. The number of anilines is 1. The number of hydrogen-bond donors (Lipinski definition) is 2. The zero-order valence-electron chi connectivity index (χ0n) is 9.91. The highest BCUT2D eigenvalue weighted by Gasteiger charge is 2.17. The molecule has 0 aliphatic carbocycles. The molecule has 0 amide bonds. The normalized spacial score (nSPS) is 11.7. The minimum atomic E-state index is -1.07. The van der Waals surface area contributed by atoms with Gasteiger partial charge in [0.05, 0.1) is 13.7 Å². The van der Waals surface area contributed by atoms with Gasteiger partial charge in [0.1, 0.15) is 11.9 Å². The molecule has 8 heteroatoms. The molecule has 1 aromatic heterocycles. The average Bonchev–Trinajstić information content (AvgIpc) is 2.38. The summed E-state index contributed by atoms with van der Waals surface area (Å²) < 4.78 is 9.21. The number of aromatic nitrogens is 2. The Labute approximate surface area is 103 Å². The van der Waals surface area contributed by atoms with Crippen LogP contribution in [0.15, 0.2) is 12.1 Å². The molecular weight excluding hydrogens is 242 g/mol. The van der Waals surface area contributed by atoms with Gasteiger partial charge < -0.3 is 19.9 Å². The van der Waals surface area contributed by atoms with Gasteiger partial charge in [0.15, 0.2) is 5.69 Å². The van der Waals surface area contributed by atoms with E-state index in [-0.39, 0.29) is 18.1 Å². The summed E-state index contributed by atoms with van der Waals surface area (Å²) in [5.41, 5.74) is 0.0432. The molecule has 0 spiro atoms. The van der Waals surface area contributed by atoms with E-state index in [1.54, 1.807) is 0 Å². The number of ether oxygens (including phenoxy) is 2. The Balaban J connectivity index is 2.73. The molecule has 0 radical (unpaired) electrons. The number of carbonyl (C=O) groups is 2. The Hall–Kier alpha value is -2.22. The van der Waals surface area contributed by atoms with Crippen molar-refractivity contribution in [2.24, 2.45) is 0 Å². The fourth-order valence-corrected chi connectivity index (χ4v) is 1.14. The van der Waals surface area contributed by atoms with Gasteiger partial charge in [-0.15, -0.1) is 10.2 Å². The van der Waals surface area contributed by atoms with Gasteiger partial charge in [-0.25, -0.2) is 9.59 Å². The van der Waals surface area contributed by atoms with E-state index >= 15 is 0 Å². The third-order valence-corrected chi connectivity index (χ3v) is 2.01.